The van der Waals surface area contributed by atoms with Crippen LogP contribution in [0.2, 0.25) is 0 Å². The maximum atomic E-state index is 12.5. The molecule has 1 fully saturated rings. The van der Waals surface area contributed by atoms with Crippen LogP contribution in [0, 0.1) is 6.92 Å². The Morgan fingerprint density at radius 1 is 1.31 bits per heavy atom. The van der Waals surface area contributed by atoms with Gasteiger partial charge in [0.05, 0.1) is 11.5 Å². The molecule has 1 saturated heterocycles. The molecule has 1 amide bonds. The molecule has 2 heterocycles. The molecule has 0 radical (unpaired) electrons. The van der Waals surface area contributed by atoms with E-state index in [9.17, 15) is 18.0 Å². The van der Waals surface area contributed by atoms with Crippen LogP contribution in [0.25, 0.3) is 11.0 Å². The molecular weight excluding hydrogens is 358 g/mol. The Balaban J connectivity index is 1.70. The number of amides is 1. The molecule has 7 nitrogen and oxygen atoms in total. The molecule has 0 unspecified atom stereocenters. The van der Waals surface area contributed by atoms with Crippen LogP contribution in [0.15, 0.2) is 28.7 Å². The minimum Gasteiger partial charge on any atom is -0.449 e. The van der Waals surface area contributed by atoms with Crippen molar-refractivity contribution in [1.82, 2.24) is 4.90 Å². The van der Waals surface area contributed by atoms with Gasteiger partial charge in [-0.25, -0.2) is 13.2 Å². The molecular formula is C18H21NO6S. The maximum absolute atomic E-state index is 12.5. The molecule has 0 bridgehead atoms. The van der Waals surface area contributed by atoms with Crippen molar-refractivity contribution in [3.8, 4) is 0 Å². The molecule has 0 N–H and O–H groups in total. The molecule has 0 spiro atoms. The summed E-state index contributed by atoms with van der Waals surface area (Å²) in [5, 5.41) is 0.812. The summed E-state index contributed by atoms with van der Waals surface area (Å²) in [6.07, 6.45) is -0.642. The minimum absolute atomic E-state index is 0.0570. The number of para-hydroxylation sites is 1. The first-order valence-corrected chi connectivity index (χ1v) is 10.2. The van der Waals surface area contributed by atoms with E-state index in [2.05, 4.69) is 0 Å². The van der Waals surface area contributed by atoms with E-state index in [0.29, 0.717) is 17.6 Å². The van der Waals surface area contributed by atoms with Gasteiger partial charge in [-0.2, -0.15) is 0 Å². The van der Waals surface area contributed by atoms with Gasteiger partial charge < -0.3 is 14.1 Å². The zero-order valence-electron chi connectivity index (χ0n) is 14.9. The highest BCUT2D eigenvalue weighted by Crippen LogP contribution is 2.26. The fourth-order valence-electron chi connectivity index (χ4n) is 3.18. The van der Waals surface area contributed by atoms with Crippen molar-refractivity contribution in [2.45, 2.75) is 32.4 Å². The largest absolute Gasteiger partial charge is 0.449 e. The highest BCUT2D eigenvalue weighted by molar-refractivity contribution is 7.91. The van der Waals surface area contributed by atoms with Gasteiger partial charge in [0.1, 0.15) is 5.58 Å². The SMILES string of the molecule is Cc1c(C(=O)O[C@@H](C)C(=O)N(C)[C@@H]2CCS(=O)(=O)C2)oc2ccccc12. The molecule has 8 heteroatoms. The lowest BCUT2D eigenvalue weighted by atomic mass is 10.1. The number of furan rings is 1. The van der Waals surface area contributed by atoms with Crippen LogP contribution in [0.1, 0.15) is 29.5 Å². The Morgan fingerprint density at radius 3 is 2.62 bits per heavy atom. The van der Waals surface area contributed by atoms with Crippen molar-refractivity contribution < 1.29 is 27.2 Å². The second-order valence-corrected chi connectivity index (χ2v) is 8.83. The molecule has 1 aliphatic rings. The van der Waals surface area contributed by atoms with E-state index in [1.54, 1.807) is 19.1 Å². The molecule has 2 atom stereocenters. The van der Waals surface area contributed by atoms with Gasteiger partial charge in [0.15, 0.2) is 15.9 Å². The Hall–Kier alpha value is -2.35. The average Bonchev–Trinajstić information content (AvgIpc) is 3.13. The molecule has 2 aromatic rings. The number of likely N-dealkylation sites (N-methyl/N-ethyl adjacent to an activating group) is 1. The van der Waals surface area contributed by atoms with E-state index in [4.69, 9.17) is 9.15 Å². The van der Waals surface area contributed by atoms with Gasteiger partial charge in [0, 0.05) is 24.0 Å². The third-order valence-electron chi connectivity index (χ3n) is 4.76. The Kier molecular flexibility index (Phi) is 4.79. The van der Waals surface area contributed by atoms with Gasteiger partial charge in [0.2, 0.25) is 5.76 Å². The number of sulfone groups is 1. The summed E-state index contributed by atoms with van der Waals surface area (Å²) in [6.45, 7) is 3.22. The minimum atomic E-state index is -3.10. The van der Waals surface area contributed by atoms with E-state index < -0.39 is 27.8 Å². The summed E-state index contributed by atoms with van der Waals surface area (Å²) in [6, 6.07) is 6.85. The van der Waals surface area contributed by atoms with Crippen molar-refractivity contribution in [2.24, 2.45) is 0 Å². The fraction of sp³-hybridized carbons (Fsp3) is 0.444. The third-order valence-corrected chi connectivity index (χ3v) is 6.51. The Morgan fingerprint density at radius 2 is 2.00 bits per heavy atom. The first-order valence-electron chi connectivity index (χ1n) is 8.36. The van der Waals surface area contributed by atoms with E-state index >= 15 is 0 Å². The molecule has 26 heavy (non-hydrogen) atoms. The number of rotatable bonds is 4. The summed E-state index contributed by atoms with van der Waals surface area (Å²) in [7, 11) is -1.57. The summed E-state index contributed by atoms with van der Waals surface area (Å²) in [5.74, 6) is -1.07. The maximum Gasteiger partial charge on any atom is 0.375 e. The van der Waals surface area contributed by atoms with Crippen LogP contribution in [0.4, 0.5) is 0 Å². The summed E-state index contributed by atoms with van der Waals surface area (Å²) >= 11 is 0. The van der Waals surface area contributed by atoms with Crippen molar-refractivity contribution >= 4 is 32.7 Å². The van der Waals surface area contributed by atoms with Gasteiger partial charge in [-0.15, -0.1) is 0 Å². The number of nitrogens with zero attached hydrogens (tertiary/aromatic N) is 1. The monoisotopic (exact) mass is 379 g/mol. The number of hydrogen-bond donors (Lipinski definition) is 0. The zero-order valence-corrected chi connectivity index (χ0v) is 15.7. The van der Waals surface area contributed by atoms with Crippen LogP contribution in [0.3, 0.4) is 0 Å². The number of ether oxygens (including phenoxy) is 1. The lowest BCUT2D eigenvalue weighted by molar-refractivity contribution is -0.140. The van der Waals surface area contributed by atoms with E-state index in [0.717, 1.165) is 5.39 Å². The van der Waals surface area contributed by atoms with Crippen LogP contribution in [-0.2, 0) is 19.4 Å². The number of hydrogen-bond acceptors (Lipinski definition) is 6. The fourth-order valence-corrected chi connectivity index (χ4v) is 4.96. The standard InChI is InChI=1S/C18H21NO6S/c1-11-14-6-4-5-7-15(14)25-16(11)18(21)24-12(2)17(20)19(3)13-8-9-26(22,23)10-13/h4-7,12-13H,8-10H2,1-3H3/t12-,13+/m0/s1. The number of esters is 1. The highest BCUT2D eigenvalue weighted by atomic mass is 32.2. The topological polar surface area (TPSA) is 93.9 Å². The first kappa shape index (κ1) is 18.4. The van der Waals surface area contributed by atoms with Crippen molar-refractivity contribution in [3.05, 3.63) is 35.6 Å². The third kappa shape index (κ3) is 3.46. The van der Waals surface area contributed by atoms with Crippen LogP contribution < -0.4 is 0 Å². The van der Waals surface area contributed by atoms with E-state index in [1.165, 1.54) is 18.9 Å². The number of aryl methyl sites for hydroxylation is 1. The number of carbonyl (C=O) groups excluding carboxylic acids is 2. The average molecular weight is 379 g/mol. The predicted molar refractivity (Wildman–Crippen MR) is 95.7 cm³/mol. The number of fused-ring (bicyclic) bond motifs is 1. The van der Waals surface area contributed by atoms with E-state index in [1.807, 2.05) is 12.1 Å². The Bertz CT molecular complexity index is 961. The van der Waals surface area contributed by atoms with Gasteiger partial charge in [-0.05, 0) is 26.3 Å². The molecule has 140 valence electrons. The highest BCUT2D eigenvalue weighted by Gasteiger charge is 2.35. The summed E-state index contributed by atoms with van der Waals surface area (Å²) in [5.41, 5.74) is 1.23. The number of carbonyl (C=O) groups is 2. The van der Waals surface area contributed by atoms with Crippen molar-refractivity contribution in [1.29, 1.82) is 0 Å². The smallest absolute Gasteiger partial charge is 0.375 e. The Labute approximate surface area is 151 Å². The van der Waals surface area contributed by atoms with Crippen LogP contribution in [-0.4, -0.2) is 55.9 Å². The summed E-state index contributed by atoms with van der Waals surface area (Å²) in [4.78, 5) is 26.3. The molecule has 0 saturated carbocycles. The van der Waals surface area contributed by atoms with Crippen molar-refractivity contribution in [2.75, 3.05) is 18.6 Å². The quantitative estimate of drug-likeness (QED) is 0.754. The second kappa shape index (κ2) is 6.75. The normalized spacial score (nSPS) is 20.0. The van der Waals surface area contributed by atoms with Crippen LogP contribution >= 0.6 is 0 Å². The van der Waals surface area contributed by atoms with Gasteiger partial charge in [-0.1, -0.05) is 18.2 Å². The lowest BCUT2D eigenvalue weighted by Crippen LogP contribution is -2.44. The van der Waals surface area contributed by atoms with Crippen LogP contribution in [0.5, 0.6) is 0 Å². The van der Waals surface area contributed by atoms with Gasteiger partial charge in [0.25, 0.3) is 5.91 Å². The first-order chi connectivity index (χ1) is 12.2. The zero-order chi connectivity index (χ0) is 19.1. The van der Waals surface area contributed by atoms with Crippen molar-refractivity contribution in [3.63, 3.8) is 0 Å². The van der Waals surface area contributed by atoms with E-state index in [-0.39, 0.29) is 23.3 Å². The molecule has 1 aromatic carbocycles. The molecule has 1 aliphatic heterocycles. The van der Waals surface area contributed by atoms with Gasteiger partial charge >= 0.3 is 5.97 Å². The second-order valence-electron chi connectivity index (χ2n) is 6.61. The summed E-state index contributed by atoms with van der Waals surface area (Å²) < 4.78 is 34.0. The molecule has 3 rings (SSSR count). The predicted octanol–water partition coefficient (Wildman–Crippen LogP) is 1.93. The molecule has 1 aromatic heterocycles. The lowest BCUT2D eigenvalue weighted by Gasteiger charge is -2.26. The van der Waals surface area contributed by atoms with Gasteiger partial charge in [-0.3, -0.25) is 4.79 Å². The number of benzene rings is 1. The molecule has 0 aliphatic carbocycles.